The Morgan fingerprint density at radius 1 is 1.00 bits per heavy atom. The fourth-order valence-electron chi connectivity index (χ4n) is 3.19. The van der Waals surface area contributed by atoms with Crippen molar-refractivity contribution in [3.05, 3.63) is 71.1 Å². The van der Waals surface area contributed by atoms with E-state index in [1.54, 1.807) is 12.1 Å². The van der Waals surface area contributed by atoms with Gasteiger partial charge >= 0.3 is 0 Å². The summed E-state index contributed by atoms with van der Waals surface area (Å²) in [6, 6.07) is 15.2. The van der Waals surface area contributed by atoms with Crippen molar-refractivity contribution in [3.8, 4) is 0 Å². The molecule has 0 radical (unpaired) electrons. The SMILES string of the molecule is Cc1cccc(C=C2CCN(C(=O)CCC(=O)c3ccccc3)CC2)n1. The third-order valence-electron chi connectivity index (χ3n) is 4.68. The summed E-state index contributed by atoms with van der Waals surface area (Å²) in [6.45, 7) is 3.42. The summed E-state index contributed by atoms with van der Waals surface area (Å²) in [4.78, 5) is 30.9. The van der Waals surface area contributed by atoms with E-state index in [0.29, 0.717) is 5.56 Å². The Morgan fingerprint density at radius 3 is 2.42 bits per heavy atom. The molecule has 1 saturated heterocycles. The lowest BCUT2D eigenvalue weighted by atomic mass is 10.0. The number of likely N-dealkylation sites (tertiary alicyclic amines) is 1. The van der Waals surface area contributed by atoms with Crippen LogP contribution in [0.25, 0.3) is 6.08 Å². The summed E-state index contributed by atoms with van der Waals surface area (Å²) in [5.74, 6) is 0.101. The number of aryl methyl sites for hydroxylation is 1. The molecule has 0 bridgehead atoms. The number of carbonyl (C=O) groups is 2. The van der Waals surface area contributed by atoms with E-state index in [-0.39, 0.29) is 24.5 Å². The molecule has 1 aliphatic rings. The maximum absolute atomic E-state index is 12.4. The Kier molecular flexibility index (Phi) is 5.95. The summed E-state index contributed by atoms with van der Waals surface area (Å²) in [5.41, 5.74) is 3.99. The van der Waals surface area contributed by atoms with Gasteiger partial charge in [-0.2, -0.15) is 0 Å². The first-order valence-corrected chi connectivity index (χ1v) is 9.11. The molecule has 26 heavy (non-hydrogen) atoms. The monoisotopic (exact) mass is 348 g/mol. The van der Waals surface area contributed by atoms with E-state index >= 15 is 0 Å². The number of carbonyl (C=O) groups excluding carboxylic acids is 2. The van der Waals surface area contributed by atoms with Gasteiger partial charge in [-0.1, -0.05) is 42.0 Å². The van der Waals surface area contributed by atoms with Crippen LogP contribution in [0.15, 0.2) is 54.1 Å². The average Bonchev–Trinajstić information content (AvgIpc) is 2.67. The molecule has 0 spiro atoms. The van der Waals surface area contributed by atoms with Crippen molar-refractivity contribution >= 4 is 17.8 Å². The van der Waals surface area contributed by atoms with E-state index in [9.17, 15) is 9.59 Å². The molecule has 4 nitrogen and oxygen atoms in total. The van der Waals surface area contributed by atoms with Crippen molar-refractivity contribution in [2.75, 3.05) is 13.1 Å². The van der Waals surface area contributed by atoms with Gasteiger partial charge in [0, 0.05) is 37.2 Å². The predicted octanol–water partition coefficient (Wildman–Crippen LogP) is 4.06. The van der Waals surface area contributed by atoms with E-state index < -0.39 is 0 Å². The van der Waals surface area contributed by atoms with Crippen LogP contribution in [0, 0.1) is 6.92 Å². The minimum atomic E-state index is 0.0297. The number of ketones is 1. The highest BCUT2D eigenvalue weighted by atomic mass is 16.2. The van der Waals surface area contributed by atoms with Gasteiger partial charge in [-0.3, -0.25) is 14.6 Å². The first-order valence-electron chi connectivity index (χ1n) is 9.11. The van der Waals surface area contributed by atoms with Gasteiger partial charge in [0.15, 0.2) is 5.78 Å². The maximum atomic E-state index is 12.4. The number of pyridine rings is 1. The molecule has 0 atom stereocenters. The number of rotatable bonds is 5. The Morgan fingerprint density at radius 2 is 1.73 bits per heavy atom. The van der Waals surface area contributed by atoms with Crippen LogP contribution in [-0.2, 0) is 4.79 Å². The average molecular weight is 348 g/mol. The zero-order chi connectivity index (χ0) is 18.4. The van der Waals surface area contributed by atoms with E-state index in [2.05, 4.69) is 11.1 Å². The molecule has 4 heteroatoms. The molecule has 2 heterocycles. The van der Waals surface area contributed by atoms with E-state index in [4.69, 9.17) is 0 Å². The van der Waals surface area contributed by atoms with Crippen molar-refractivity contribution in [2.24, 2.45) is 0 Å². The number of nitrogens with zero attached hydrogens (tertiary/aromatic N) is 2. The van der Waals surface area contributed by atoms with Crippen molar-refractivity contribution < 1.29 is 9.59 Å². The number of aromatic nitrogens is 1. The molecule has 0 N–H and O–H groups in total. The highest BCUT2D eigenvalue weighted by Crippen LogP contribution is 2.20. The number of Topliss-reactive ketones (excluding diaryl/α,β-unsaturated/α-hetero) is 1. The highest BCUT2D eigenvalue weighted by Gasteiger charge is 2.20. The number of hydrogen-bond donors (Lipinski definition) is 0. The van der Waals surface area contributed by atoms with Crippen molar-refractivity contribution in [1.29, 1.82) is 0 Å². The second kappa shape index (κ2) is 8.56. The van der Waals surface area contributed by atoms with Crippen LogP contribution in [0.2, 0.25) is 0 Å². The van der Waals surface area contributed by atoms with Crippen LogP contribution in [-0.4, -0.2) is 34.7 Å². The van der Waals surface area contributed by atoms with Crippen LogP contribution in [0.1, 0.15) is 47.4 Å². The lowest BCUT2D eigenvalue weighted by molar-refractivity contribution is -0.131. The minimum Gasteiger partial charge on any atom is -0.342 e. The van der Waals surface area contributed by atoms with E-state index in [1.165, 1.54) is 5.57 Å². The van der Waals surface area contributed by atoms with Gasteiger partial charge in [-0.25, -0.2) is 0 Å². The molecule has 1 aromatic carbocycles. The second-order valence-electron chi connectivity index (χ2n) is 6.68. The lowest BCUT2D eigenvalue weighted by Crippen LogP contribution is -2.36. The molecular formula is C22H24N2O2. The van der Waals surface area contributed by atoms with Crippen LogP contribution < -0.4 is 0 Å². The molecule has 0 aliphatic carbocycles. The van der Waals surface area contributed by atoms with Gasteiger partial charge in [0.1, 0.15) is 0 Å². The largest absolute Gasteiger partial charge is 0.342 e. The fraction of sp³-hybridized carbons (Fsp3) is 0.318. The van der Waals surface area contributed by atoms with Gasteiger partial charge in [-0.05, 0) is 38.0 Å². The number of hydrogen-bond acceptors (Lipinski definition) is 3. The molecule has 0 unspecified atom stereocenters. The van der Waals surface area contributed by atoms with Crippen molar-refractivity contribution in [3.63, 3.8) is 0 Å². The molecule has 1 aliphatic heterocycles. The summed E-state index contributed by atoms with van der Waals surface area (Å²) in [6.07, 6.45) is 4.43. The normalized spacial score (nSPS) is 14.2. The zero-order valence-electron chi connectivity index (χ0n) is 15.1. The molecular weight excluding hydrogens is 324 g/mol. The van der Waals surface area contributed by atoms with Gasteiger partial charge < -0.3 is 4.90 Å². The summed E-state index contributed by atoms with van der Waals surface area (Å²) in [7, 11) is 0. The Bertz CT molecular complexity index is 802. The summed E-state index contributed by atoms with van der Waals surface area (Å²) < 4.78 is 0. The molecule has 3 rings (SSSR count). The fourth-order valence-corrected chi connectivity index (χ4v) is 3.19. The smallest absolute Gasteiger partial charge is 0.223 e. The standard InChI is InChI=1S/C22H24N2O2/c1-17-6-5-9-20(23-17)16-18-12-14-24(15-13-18)22(26)11-10-21(25)19-7-3-2-4-8-19/h2-9,16H,10-15H2,1H3. The van der Waals surface area contributed by atoms with Gasteiger partial charge in [0.2, 0.25) is 5.91 Å². The zero-order valence-corrected chi connectivity index (χ0v) is 15.1. The van der Waals surface area contributed by atoms with Crippen LogP contribution in [0.3, 0.4) is 0 Å². The first-order chi connectivity index (χ1) is 12.6. The molecule has 1 aromatic heterocycles. The second-order valence-corrected chi connectivity index (χ2v) is 6.68. The molecule has 2 aromatic rings. The third-order valence-corrected chi connectivity index (χ3v) is 4.68. The van der Waals surface area contributed by atoms with Crippen molar-refractivity contribution in [2.45, 2.75) is 32.6 Å². The summed E-state index contributed by atoms with van der Waals surface area (Å²) in [5, 5.41) is 0. The number of benzene rings is 1. The molecule has 134 valence electrons. The Hall–Kier alpha value is -2.75. The molecule has 1 fully saturated rings. The lowest BCUT2D eigenvalue weighted by Gasteiger charge is -2.28. The highest BCUT2D eigenvalue weighted by molar-refractivity contribution is 5.97. The molecule has 0 saturated carbocycles. The van der Waals surface area contributed by atoms with Gasteiger partial charge in [0.05, 0.1) is 5.69 Å². The topological polar surface area (TPSA) is 50.3 Å². The predicted molar refractivity (Wildman–Crippen MR) is 103 cm³/mol. The quantitative estimate of drug-likeness (QED) is 0.766. The van der Waals surface area contributed by atoms with Crippen LogP contribution >= 0.6 is 0 Å². The van der Waals surface area contributed by atoms with Crippen LogP contribution in [0.4, 0.5) is 0 Å². The van der Waals surface area contributed by atoms with E-state index in [1.807, 2.05) is 48.2 Å². The Labute approximate surface area is 154 Å². The number of piperidine rings is 1. The van der Waals surface area contributed by atoms with Crippen molar-refractivity contribution in [1.82, 2.24) is 9.88 Å². The van der Waals surface area contributed by atoms with Crippen LogP contribution in [0.5, 0.6) is 0 Å². The van der Waals surface area contributed by atoms with Gasteiger partial charge in [0.25, 0.3) is 0 Å². The number of amides is 1. The third kappa shape index (κ3) is 4.88. The maximum Gasteiger partial charge on any atom is 0.223 e. The molecule has 1 amide bonds. The summed E-state index contributed by atoms with van der Waals surface area (Å²) >= 11 is 0. The van der Waals surface area contributed by atoms with E-state index in [0.717, 1.165) is 37.3 Å². The first kappa shape index (κ1) is 18.1. The van der Waals surface area contributed by atoms with Gasteiger partial charge in [-0.15, -0.1) is 0 Å². The minimum absolute atomic E-state index is 0.0297. The Balaban J connectivity index is 1.48.